The van der Waals surface area contributed by atoms with Crippen LogP contribution in [0.5, 0.6) is 0 Å². The van der Waals surface area contributed by atoms with Crippen LogP contribution in [0.2, 0.25) is 15.1 Å². The van der Waals surface area contributed by atoms with E-state index in [0.717, 1.165) is 47.5 Å². The van der Waals surface area contributed by atoms with Crippen molar-refractivity contribution in [2.75, 3.05) is 10.8 Å². The Bertz CT molecular complexity index is 1770. The van der Waals surface area contributed by atoms with Gasteiger partial charge < -0.3 is 10.2 Å². The highest BCUT2D eigenvalue weighted by Gasteiger charge is 2.36. The van der Waals surface area contributed by atoms with Crippen LogP contribution in [0.15, 0.2) is 108 Å². The van der Waals surface area contributed by atoms with E-state index in [4.69, 9.17) is 34.8 Å². The number of carbonyl (C=O) groups excluding carboxylic acids is 2. The highest BCUT2D eigenvalue weighted by Crippen LogP contribution is 2.33. The first-order chi connectivity index (χ1) is 22.6. The van der Waals surface area contributed by atoms with Crippen LogP contribution in [0.3, 0.4) is 0 Å². The van der Waals surface area contributed by atoms with Crippen molar-refractivity contribution in [3.8, 4) is 0 Å². The maximum atomic E-state index is 14.6. The van der Waals surface area contributed by atoms with Crippen molar-refractivity contribution >= 4 is 62.3 Å². The monoisotopic (exact) mass is 711 g/mol. The molecule has 1 aliphatic carbocycles. The fourth-order valence-corrected chi connectivity index (χ4v) is 7.94. The van der Waals surface area contributed by atoms with Crippen LogP contribution >= 0.6 is 34.8 Å². The summed E-state index contributed by atoms with van der Waals surface area (Å²) < 4.78 is 29.3. The third-order valence-corrected chi connectivity index (χ3v) is 10.8. The molecule has 246 valence electrons. The largest absolute Gasteiger partial charge is 0.352 e. The molecule has 0 heterocycles. The average Bonchev–Trinajstić information content (AvgIpc) is 3.07. The summed E-state index contributed by atoms with van der Waals surface area (Å²) in [7, 11) is -4.28. The van der Waals surface area contributed by atoms with Crippen molar-refractivity contribution in [1.82, 2.24) is 10.2 Å². The number of amides is 2. The lowest BCUT2D eigenvalue weighted by Gasteiger charge is -2.35. The number of nitrogens with zero attached hydrogens (tertiary/aromatic N) is 2. The van der Waals surface area contributed by atoms with E-state index in [2.05, 4.69) is 5.32 Å². The van der Waals surface area contributed by atoms with E-state index in [1.165, 1.54) is 35.2 Å². The number of hydrogen-bond acceptors (Lipinski definition) is 4. The second-order valence-electron chi connectivity index (χ2n) is 11.6. The minimum Gasteiger partial charge on any atom is -0.352 e. The molecular weight excluding hydrogens is 677 g/mol. The number of rotatable bonds is 12. The average molecular weight is 713 g/mol. The fourth-order valence-electron chi connectivity index (χ4n) is 5.80. The number of hydrogen-bond donors (Lipinski definition) is 1. The third-order valence-electron chi connectivity index (χ3n) is 8.28. The first kappa shape index (κ1) is 34.8. The lowest BCUT2D eigenvalue weighted by molar-refractivity contribution is -0.140. The summed E-state index contributed by atoms with van der Waals surface area (Å²) in [6.45, 7) is -0.576. The van der Waals surface area contributed by atoms with E-state index < -0.39 is 28.5 Å². The van der Waals surface area contributed by atoms with Gasteiger partial charge in [0.05, 0.1) is 15.6 Å². The van der Waals surface area contributed by atoms with Gasteiger partial charge in [-0.25, -0.2) is 8.42 Å². The molecular formula is C36H36Cl3N3O4S. The molecule has 0 bridgehead atoms. The van der Waals surface area contributed by atoms with E-state index in [9.17, 15) is 18.0 Å². The van der Waals surface area contributed by atoms with Crippen LogP contribution < -0.4 is 9.62 Å². The lowest BCUT2D eigenvalue weighted by Crippen LogP contribution is -2.55. The summed E-state index contributed by atoms with van der Waals surface area (Å²) in [6.07, 6.45) is 5.14. The molecule has 11 heteroatoms. The molecule has 7 nitrogen and oxygen atoms in total. The van der Waals surface area contributed by atoms with Crippen LogP contribution in [0.1, 0.15) is 43.2 Å². The summed E-state index contributed by atoms with van der Waals surface area (Å²) in [5, 5.41) is 4.11. The molecule has 47 heavy (non-hydrogen) atoms. The molecule has 0 aliphatic heterocycles. The Balaban J connectivity index is 1.57. The summed E-state index contributed by atoms with van der Waals surface area (Å²) in [6, 6.07) is 27.8. The van der Waals surface area contributed by atoms with Crippen molar-refractivity contribution < 1.29 is 18.0 Å². The molecule has 1 atom stereocenters. The van der Waals surface area contributed by atoms with Crippen molar-refractivity contribution in [1.29, 1.82) is 0 Å². The summed E-state index contributed by atoms with van der Waals surface area (Å²) in [5.41, 5.74) is 1.68. The van der Waals surface area contributed by atoms with Gasteiger partial charge >= 0.3 is 0 Å². The van der Waals surface area contributed by atoms with Gasteiger partial charge in [0.25, 0.3) is 10.0 Å². The van der Waals surface area contributed by atoms with E-state index in [0.29, 0.717) is 10.0 Å². The second kappa shape index (κ2) is 16.0. The van der Waals surface area contributed by atoms with Gasteiger partial charge in [0.15, 0.2) is 0 Å². The van der Waals surface area contributed by atoms with Crippen molar-refractivity contribution in [2.45, 2.75) is 62.0 Å². The van der Waals surface area contributed by atoms with Crippen LogP contribution in [0.25, 0.3) is 0 Å². The molecule has 1 fully saturated rings. The highest BCUT2D eigenvalue weighted by atomic mass is 35.5. The Hall–Kier alpha value is -3.56. The van der Waals surface area contributed by atoms with Gasteiger partial charge in [0.2, 0.25) is 11.8 Å². The summed E-state index contributed by atoms with van der Waals surface area (Å²) >= 11 is 18.9. The second-order valence-corrected chi connectivity index (χ2v) is 14.8. The Morgan fingerprint density at radius 3 is 2.02 bits per heavy atom. The minimum atomic E-state index is -4.28. The normalized spacial score (nSPS) is 14.3. The minimum absolute atomic E-state index is 0.00448. The van der Waals surface area contributed by atoms with Gasteiger partial charge in [0, 0.05) is 29.1 Å². The topological polar surface area (TPSA) is 86.8 Å². The quantitative estimate of drug-likeness (QED) is 0.162. The number of nitrogens with one attached hydrogen (secondary N) is 1. The number of carbonyl (C=O) groups is 2. The third kappa shape index (κ3) is 9.08. The molecule has 2 amide bonds. The molecule has 0 radical (unpaired) electrons. The zero-order chi connectivity index (χ0) is 33.4. The molecule has 5 rings (SSSR count). The standard InChI is InChI=1S/C36H36Cl3N3O4S/c37-28-18-16-27(17-19-28)24-41(34(22-26-10-4-1-5-11-26)36(44)40-30-12-6-2-7-13-30)35(43)25-42(33-21-20-29(38)23-32(33)39)47(45,46)31-14-8-3-9-15-31/h1,3-5,8-11,14-21,23,30,34H,2,6-7,12-13,22,24-25H2,(H,40,44)/t34-/m1/s1. The Morgan fingerprint density at radius 1 is 0.766 bits per heavy atom. The zero-order valence-electron chi connectivity index (χ0n) is 25.7. The molecule has 0 saturated heterocycles. The fraction of sp³-hybridized carbons (Fsp3) is 0.278. The number of sulfonamides is 1. The van der Waals surface area contributed by atoms with Crippen molar-refractivity contribution in [3.05, 3.63) is 129 Å². The van der Waals surface area contributed by atoms with Gasteiger partial charge in [0.1, 0.15) is 12.6 Å². The predicted molar refractivity (Wildman–Crippen MR) is 188 cm³/mol. The van der Waals surface area contributed by atoms with Gasteiger partial charge in [-0.3, -0.25) is 13.9 Å². The van der Waals surface area contributed by atoms with Crippen molar-refractivity contribution in [2.24, 2.45) is 0 Å². The molecule has 0 unspecified atom stereocenters. The van der Waals surface area contributed by atoms with Crippen molar-refractivity contribution in [3.63, 3.8) is 0 Å². The summed E-state index contributed by atoms with van der Waals surface area (Å²) in [5.74, 6) is -0.866. The van der Waals surface area contributed by atoms with E-state index in [1.807, 2.05) is 30.3 Å². The van der Waals surface area contributed by atoms with Gasteiger partial charge in [-0.1, -0.05) is 115 Å². The van der Waals surface area contributed by atoms with E-state index in [-0.39, 0.29) is 40.5 Å². The van der Waals surface area contributed by atoms with Crippen LogP contribution in [0, 0.1) is 0 Å². The predicted octanol–water partition coefficient (Wildman–Crippen LogP) is 7.93. The zero-order valence-corrected chi connectivity index (χ0v) is 28.8. The molecule has 1 aliphatic rings. The van der Waals surface area contributed by atoms with Crippen LogP contribution in [-0.4, -0.2) is 43.8 Å². The van der Waals surface area contributed by atoms with Crippen LogP contribution in [0.4, 0.5) is 5.69 Å². The lowest BCUT2D eigenvalue weighted by atomic mass is 9.94. The molecule has 1 N–H and O–H groups in total. The van der Waals surface area contributed by atoms with Gasteiger partial charge in [-0.15, -0.1) is 0 Å². The maximum Gasteiger partial charge on any atom is 0.264 e. The first-order valence-electron chi connectivity index (χ1n) is 15.5. The van der Waals surface area contributed by atoms with Gasteiger partial charge in [-0.2, -0.15) is 0 Å². The molecule has 0 aromatic heterocycles. The number of halogens is 3. The van der Waals surface area contributed by atoms with Crippen LogP contribution in [-0.2, 0) is 32.6 Å². The number of anilines is 1. The Labute approximate surface area is 291 Å². The van der Waals surface area contributed by atoms with E-state index >= 15 is 0 Å². The summed E-state index contributed by atoms with van der Waals surface area (Å²) in [4.78, 5) is 30.3. The van der Waals surface area contributed by atoms with Gasteiger partial charge in [-0.05, 0) is 66.4 Å². The first-order valence-corrected chi connectivity index (χ1v) is 18.1. The molecule has 4 aromatic rings. The maximum absolute atomic E-state index is 14.6. The number of benzene rings is 4. The van der Waals surface area contributed by atoms with E-state index in [1.54, 1.807) is 42.5 Å². The molecule has 0 spiro atoms. The molecule has 4 aromatic carbocycles. The highest BCUT2D eigenvalue weighted by molar-refractivity contribution is 7.92. The SMILES string of the molecule is O=C(NC1CCCCC1)[C@@H](Cc1ccccc1)N(Cc1ccc(Cl)cc1)C(=O)CN(c1ccc(Cl)cc1Cl)S(=O)(=O)c1ccccc1. The molecule has 1 saturated carbocycles. The Morgan fingerprint density at radius 2 is 1.38 bits per heavy atom. The smallest absolute Gasteiger partial charge is 0.264 e. The Kier molecular flexibility index (Phi) is 11.9.